The van der Waals surface area contributed by atoms with Crippen molar-refractivity contribution in [3.8, 4) is 6.07 Å². The van der Waals surface area contributed by atoms with Gasteiger partial charge in [0.25, 0.3) is 0 Å². The predicted octanol–water partition coefficient (Wildman–Crippen LogP) is 3.58. The molecule has 2 nitrogen and oxygen atoms in total. The molecule has 0 atom stereocenters. The number of nitriles is 1. The van der Waals surface area contributed by atoms with Crippen LogP contribution in [0.5, 0.6) is 0 Å². The van der Waals surface area contributed by atoms with Crippen LogP contribution < -0.4 is 5.32 Å². The molecule has 1 aromatic rings. The zero-order chi connectivity index (χ0) is 12.9. The van der Waals surface area contributed by atoms with Crippen molar-refractivity contribution >= 4 is 11.8 Å². The lowest BCUT2D eigenvalue weighted by Crippen LogP contribution is -2.36. The van der Waals surface area contributed by atoms with E-state index in [0.29, 0.717) is 5.25 Å². The van der Waals surface area contributed by atoms with Gasteiger partial charge in [0.2, 0.25) is 0 Å². The fraction of sp³-hybridized carbons (Fsp3) is 0.500. The molecule has 0 aromatic heterocycles. The van der Waals surface area contributed by atoms with Crippen LogP contribution in [0, 0.1) is 11.3 Å². The van der Waals surface area contributed by atoms with Gasteiger partial charge in [0.1, 0.15) is 5.54 Å². The van der Waals surface area contributed by atoms with Gasteiger partial charge in [0, 0.05) is 16.7 Å². The summed E-state index contributed by atoms with van der Waals surface area (Å²) in [7, 11) is 0. The summed E-state index contributed by atoms with van der Waals surface area (Å²) in [5.74, 6) is 0. The number of hydrogen-bond donors (Lipinski definition) is 1. The van der Waals surface area contributed by atoms with Crippen LogP contribution in [0.15, 0.2) is 29.2 Å². The van der Waals surface area contributed by atoms with E-state index in [4.69, 9.17) is 5.26 Å². The van der Waals surface area contributed by atoms with E-state index in [1.54, 1.807) is 0 Å². The smallest absolute Gasteiger partial charge is 0.101 e. The molecule has 0 fully saturated rings. The summed E-state index contributed by atoms with van der Waals surface area (Å²) in [6.07, 6.45) is 0. The Kier molecular flexibility index (Phi) is 5.04. The van der Waals surface area contributed by atoms with Crippen molar-refractivity contribution in [1.29, 1.82) is 5.26 Å². The Morgan fingerprint density at radius 3 is 2.35 bits per heavy atom. The lowest BCUT2D eigenvalue weighted by molar-refractivity contribution is 0.485. The SMILES string of the molecule is CC(C)Sc1ccc(CNC(C)(C)C#N)cc1. The molecule has 0 bridgehead atoms. The largest absolute Gasteiger partial charge is 0.296 e. The van der Waals surface area contributed by atoms with Crippen molar-refractivity contribution in [3.05, 3.63) is 29.8 Å². The molecule has 0 spiro atoms. The van der Waals surface area contributed by atoms with Crippen LogP contribution in [0.2, 0.25) is 0 Å². The van der Waals surface area contributed by atoms with Gasteiger partial charge in [-0.1, -0.05) is 26.0 Å². The summed E-state index contributed by atoms with van der Waals surface area (Å²) in [5.41, 5.74) is 0.743. The lowest BCUT2D eigenvalue weighted by Gasteiger charge is -2.17. The second-order valence-corrected chi connectivity index (χ2v) is 6.55. The Morgan fingerprint density at radius 1 is 1.29 bits per heavy atom. The molecule has 0 radical (unpaired) electrons. The first-order valence-electron chi connectivity index (χ1n) is 5.85. The monoisotopic (exact) mass is 248 g/mol. The van der Waals surface area contributed by atoms with Gasteiger partial charge >= 0.3 is 0 Å². The number of nitrogens with zero attached hydrogens (tertiary/aromatic N) is 1. The highest BCUT2D eigenvalue weighted by atomic mass is 32.2. The highest BCUT2D eigenvalue weighted by Gasteiger charge is 2.14. The quantitative estimate of drug-likeness (QED) is 0.809. The zero-order valence-corrected chi connectivity index (χ0v) is 11.8. The van der Waals surface area contributed by atoms with E-state index in [9.17, 15) is 0 Å². The second kappa shape index (κ2) is 6.09. The lowest BCUT2D eigenvalue weighted by atomic mass is 10.1. The van der Waals surface area contributed by atoms with E-state index in [-0.39, 0.29) is 0 Å². The molecule has 17 heavy (non-hydrogen) atoms. The molecular weight excluding hydrogens is 228 g/mol. The summed E-state index contributed by atoms with van der Waals surface area (Å²) in [5, 5.41) is 12.7. The van der Waals surface area contributed by atoms with Crippen LogP contribution >= 0.6 is 11.8 Å². The topological polar surface area (TPSA) is 35.8 Å². The minimum absolute atomic E-state index is 0.467. The molecule has 0 saturated heterocycles. The number of thioether (sulfide) groups is 1. The minimum atomic E-state index is -0.467. The maximum atomic E-state index is 8.90. The summed E-state index contributed by atoms with van der Waals surface area (Å²) in [4.78, 5) is 1.29. The molecule has 0 aliphatic carbocycles. The number of rotatable bonds is 5. The Morgan fingerprint density at radius 2 is 1.88 bits per heavy atom. The Balaban J connectivity index is 2.55. The average Bonchev–Trinajstić information content (AvgIpc) is 2.28. The van der Waals surface area contributed by atoms with Crippen molar-refractivity contribution in [2.24, 2.45) is 0 Å². The fourth-order valence-corrected chi connectivity index (χ4v) is 2.16. The Labute approximate surface area is 108 Å². The Bertz CT molecular complexity index is 388. The maximum absolute atomic E-state index is 8.90. The maximum Gasteiger partial charge on any atom is 0.101 e. The first-order valence-corrected chi connectivity index (χ1v) is 6.73. The standard InChI is InChI=1S/C14H20N2S/c1-11(2)17-13-7-5-12(6-8-13)9-16-14(3,4)10-15/h5-8,11,16H,9H2,1-4H3. The van der Waals surface area contributed by atoms with Crippen LogP contribution in [-0.4, -0.2) is 10.8 Å². The number of benzene rings is 1. The molecular formula is C14H20N2S. The minimum Gasteiger partial charge on any atom is -0.296 e. The third-order valence-corrected chi connectivity index (χ3v) is 3.32. The molecule has 0 heterocycles. The van der Waals surface area contributed by atoms with Crippen LogP contribution in [0.1, 0.15) is 33.3 Å². The van der Waals surface area contributed by atoms with Crippen LogP contribution in [0.4, 0.5) is 0 Å². The third-order valence-electron chi connectivity index (χ3n) is 2.31. The number of hydrogen-bond acceptors (Lipinski definition) is 3. The van der Waals surface area contributed by atoms with Gasteiger partial charge in [-0.25, -0.2) is 0 Å². The highest BCUT2D eigenvalue weighted by molar-refractivity contribution is 7.99. The third kappa shape index (κ3) is 5.25. The summed E-state index contributed by atoms with van der Waals surface area (Å²) < 4.78 is 0. The normalized spacial score (nSPS) is 11.5. The molecule has 0 aliphatic heterocycles. The first kappa shape index (κ1) is 14.1. The molecule has 0 amide bonds. The molecule has 0 aliphatic rings. The van der Waals surface area contributed by atoms with E-state index in [1.807, 2.05) is 25.6 Å². The average molecular weight is 248 g/mol. The van der Waals surface area contributed by atoms with E-state index in [2.05, 4.69) is 49.5 Å². The zero-order valence-electron chi connectivity index (χ0n) is 10.9. The van der Waals surface area contributed by atoms with Gasteiger partial charge in [0.15, 0.2) is 0 Å². The van der Waals surface area contributed by atoms with E-state index in [1.165, 1.54) is 10.5 Å². The molecule has 1 aromatic carbocycles. The van der Waals surface area contributed by atoms with E-state index < -0.39 is 5.54 Å². The molecule has 92 valence electrons. The van der Waals surface area contributed by atoms with Crippen LogP contribution in [0.25, 0.3) is 0 Å². The van der Waals surface area contributed by atoms with Crippen LogP contribution in [-0.2, 0) is 6.54 Å². The van der Waals surface area contributed by atoms with Crippen molar-refractivity contribution in [2.75, 3.05) is 0 Å². The van der Waals surface area contributed by atoms with Crippen molar-refractivity contribution in [3.63, 3.8) is 0 Å². The van der Waals surface area contributed by atoms with Gasteiger partial charge in [-0.05, 0) is 31.5 Å². The summed E-state index contributed by atoms with van der Waals surface area (Å²) in [6, 6.07) is 10.7. The van der Waals surface area contributed by atoms with Gasteiger partial charge in [-0.2, -0.15) is 5.26 Å². The summed E-state index contributed by atoms with van der Waals surface area (Å²) in [6.45, 7) is 8.88. The fourth-order valence-electron chi connectivity index (χ4n) is 1.32. The summed E-state index contributed by atoms with van der Waals surface area (Å²) >= 11 is 1.86. The number of nitrogens with one attached hydrogen (secondary N) is 1. The molecule has 3 heteroatoms. The first-order chi connectivity index (χ1) is 7.93. The second-order valence-electron chi connectivity index (χ2n) is 4.90. The van der Waals surface area contributed by atoms with E-state index >= 15 is 0 Å². The van der Waals surface area contributed by atoms with Crippen molar-refractivity contribution in [1.82, 2.24) is 5.32 Å². The molecule has 0 unspecified atom stereocenters. The van der Waals surface area contributed by atoms with Gasteiger partial charge in [0.05, 0.1) is 6.07 Å². The molecule has 1 N–H and O–H groups in total. The highest BCUT2D eigenvalue weighted by Crippen LogP contribution is 2.22. The molecule has 1 rings (SSSR count). The Hall–Kier alpha value is -0.980. The van der Waals surface area contributed by atoms with Gasteiger partial charge in [-0.15, -0.1) is 11.8 Å². The molecule has 0 saturated carbocycles. The van der Waals surface area contributed by atoms with Crippen molar-refractivity contribution in [2.45, 2.75) is 49.9 Å². The van der Waals surface area contributed by atoms with Gasteiger partial charge < -0.3 is 0 Å². The van der Waals surface area contributed by atoms with Crippen molar-refractivity contribution < 1.29 is 0 Å². The van der Waals surface area contributed by atoms with E-state index in [0.717, 1.165) is 6.54 Å². The predicted molar refractivity (Wildman–Crippen MR) is 74.0 cm³/mol. The van der Waals surface area contributed by atoms with Crippen LogP contribution in [0.3, 0.4) is 0 Å². The van der Waals surface area contributed by atoms with Gasteiger partial charge in [-0.3, -0.25) is 5.32 Å².